The van der Waals surface area contributed by atoms with Crippen LogP contribution >= 0.6 is 0 Å². The third kappa shape index (κ3) is 5.63. The molecule has 29 heavy (non-hydrogen) atoms. The monoisotopic (exact) mass is 406 g/mol. The first kappa shape index (κ1) is 20.5. The highest BCUT2D eigenvalue weighted by Gasteiger charge is 2.31. The number of H-pyrrole nitrogens is 1. The average Bonchev–Trinajstić information content (AvgIpc) is 3.07. The lowest BCUT2D eigenvalue weighted by atomic mass is 10.0. The van der Waals surface area contributed by atoms with Crippen LogP contribution in [0, 0.1) is 5.92 Å². The third-order valence-corrected chi connectivity index (χ3v) is 4.27. The lowest BCUT2D eigenvalue weighted by Crippen LogP contribution is -2.39. The standard InChI is InChI=1S/C20H21F3N4O2/c1-12(2)17(18-25-15-5-3-4-6-16(15)26-18)27-19(28)24-11-13-7-9-14(10-8-13)29-20(21,22)23/h3-10,12,17H,11H2,1-2H3,(H,25,26)(H2,24,27,28). The van der Waals surface area contributed by atoms with E-state index in [1.165, 1.54) is 24.3 Å². The van der Waals surface area contributed by atoms with Gasteiger partial charge in [-0.1, -0.05) is 38.1 Å². The molecule has 3 N–H and O–H groups in total. The van der Waals surface area contributed by atoms with Crippen molar-refractivity contribution in [2.45, 2.75) is 32.8 Å². The Hall–Kier alpha value is -3.23. The van der Waals surface area contributed by atoms with Gasteiger partial charge in [-0.25, -0.2) is 9.78 Å². The van der Waals surface area contributed by atoms with E-state index in [9.17, 15) is 18.0 Å². The molecule has 0 aliphatic carbocycles. The van der Waals surface area contributed by atoms with Gasteiger partial charge in [-0.3, -0.25) is 0 Å². The number of fused-ring (bicyclic) bond motifs is 1. The van der Waals surface area contributed by atoms with Gasteiger partial charge in [-0.2, -0.15) is 0 Å². The van der Waals surface area contributed by atoms with Crippen molar-refractivity contribution in [3.63, 3.8) is 0 Å². The minimum Gasteiger partial charge on any atom is -0.406 e. The van der Waals surface area contributed by atoms with Crippen molar-refractivity contribution in [2.24, 2.45) is 5.92 Å². The predicted octanol–water partition coefficient (Wildman–Crippen LogP) is 4.66. The topological polar surface area (TPSA) is 79.0 Å². The molecule has 2 amide bonds. The van der Waals surface area contributed by atoms with E-state index in [1.807, 2.05) is 38.1 Å². The number of hydrogen-bond donors (Lipinski definition) is 3. The summed E-state index contributed by atoms with van der Waals surface area (Å²) in [6, 6.07) is 12.2. The number of carbonyl (C=O) groups is 1. The van der Waals surface area contributed by atoms with Gasteiger partial charge in [0.25, 0.3) is 0 Å². The largest absolute Gasteiger partial charge is 0.573 e. The molecule has 1 aromatic heterocycles. The van der Waals surface area contributed by atoms with Crippen molar-refractivity contribution in [3.05, 3.63) is 59.9 Å². The average molecular weight is 406 g/mol. The molecule has 0 radical (unpaired) electrons. The van der Waals surface area contributed by atoms with Crippen LogP contribution in [0.5, 0.6) is 5.75 Å². The van der Waals surface area contributed by atoms with E-state index in [2.05, 4.69) is 25.3 Å². The van der Waals surface area contributed by atoms with Gasteiger partial charge in [0.15, 0.2) is 0 Å². The molecular weight excluding hydrogens is 385 g/mol. The quantitative estimate of drug-likeness (QED) is 0.557. The Kier molecular flexibility index (Phi) is 5.95. The molecule has 0 fully saturated rings. The van der Waals surface area contributed by atoms with Gasteiger partial charge < -0.3 is 20.4 Å². The fourth-order valence-electron chi connectivity index (χ4n) is 2.85. The molecule has 9 heteroatoms. The maximum atomic E-state index is 12.3. The van der Waals surface area contributed by atoms with Crippen molar-refractivity contribution in [3.8, 4) is 5.75 Å². The summed E-state index contributed by atoms with van der Waals surface area (Å²) in [4.78, 5) is 20.1. The Morgan fingerprint density at radius 3 is 2.45 bits per heavy atom. The number of urea groups is 1. The molecule has 1 atom stereocenters. The molecule has 0 spiro atoms. The van der Waals surface area contributed by atoms with Gasteiger partial charge in [-0.15, -0.1) is 13.2 Å². The van der Waals surface area contributed by atoms with Crippen LogP contribution in [0.25, 0.3) is 11.0 Å². The number of halogens is 3. The highest BCUT2D eigenvalue weighted by atomic mass is 19.4. The number of benzene rings is 2. The second kappa shape index (κ2) is 8.42. The summed E-state index contributed by atoms with van der Waals surface area (Å²) in [6.07, 6.45) is -4.73. The van der Waals surface area contributed by atoms with Crippen LogP contribution in [0.15, 0.2) is 48.5 Å². The van der Waals surface area contributed by atoms with Gasteiger partial charge in [0.1, 0.15) is 11.6 Å². The Morgan fingerprint density at radius 1 is 1.14 bits per heavy atom. The number of ether oxygens (including phenoxy) is 1. The van der Waals surface area contributed by atoms with Crippen LogP contribution in [-0.2, 0) is 6.54 Å². The summed E-state index contributed by atoms with van der Waals surface area (Å²) >= 11 is 0. The summed E-state index contributed by atoms with van der Waals surface area (Å²) in [6.45, 7) is 4.10. The third-order valence-electron chi connectivity index (χ3n) is 4.27. The van der Waals surface area contributed by atoms with E-state index >= 15 is 0 Å². The van der Waals surface area contributed by atoms with E-state index in [1.54, 1.807) is 0 Å². The van der Waals surface area contributed by atoms with Crippen molar-refractivity contribution in [1.82, 2.24) is 20.6 Å². The maximum absolute atomic E-state index is 12.3. The summed E-state index contributed by atoms with van der Waals surface area (Å²) in [7, 11) is 0. The van der Waals surface area contributed by atoms with Gasteiger partial charge >= 0.3 is 12.4 Å². The number of nitrogens with zero attached hydrogens (tertiary/aromatic N) is 1. The van der Waals surface area contributed by atoms with E-state index in [4.69, 9.17) is 0 Å². The molecule has 2 aromatic carbocycles. The number of nitrogens with one attached hydrogen (secondary N) is 3. The number of aromatic nitrogens is 2. The van der Waals surface area contributed by atoms with E-state index in [0.717, 1.165) is 11.0 Å². The molecule has 6 nitrogen and oxygen atoms in total. The van der Waals surface area contributed by atoms with Crippen LogP contribution in [0.1, 0.15) is 31.3 Å². The summed E-state index contributed by atoms with van der Waals surface area (Å²) in [5, 5.41) is 5.59. The molecule has 0 aliphatic rings. The summed E-state index contributed by atoms with van der Waals surface area (Å²) in [5.41, 5.74) is 2.34. The highest BCUT2D eigenvalue weighted by Crippen LogP contribution is 2.23. The summed E-state index contributed by atoms with van der Waals surface area (Å²) < 4.78 is 40.4. The Bertz CT molecular complexity index is 935. The van der Waals surface area contributed by atoms with E-state index < -0.39 is 12.4 Å². The Labute approximate surface area is 165 Å². The van der Waals surface area contributed by atoms with Crippen LogP contribution in [-0.4, -0.2) is 22.4 Å². The first-order chi connectivity index (χ1) is 13.7. The molecule has 3 rings (SSSR count). The van der Waals surface area contributed by atoms with Crippen molar-refractivity contribution in [2.75, 3.05) is 0 Å². The molecule has 1 heterocycles. The lowest BCUT2D eigenvalue weighted by molar-refractivity contribution is -0.274. The van der Waals surface area contributed by atoms with Crippen molar-refractivity contribution < 1.29 is 22.7 Å². The molecule has 3 aromatic rings. The highest BCUT2D eigenvalue weighted by molar-refractivity contribution is 5.76. The smallest absolute Gasteiger partial charge is 0.406 e. The number of amides is 2. The zero-order valence-corrected chi connectivity index (χ0v) is 15.9. The second-order valence-electron chi connectivity index (χ2n) is 6.88. The van der Waals surface area contributed by atoms with Gasteiger partial charge in [-0.05, 0) is 35.7 Å². The maximum Gasteiger partial charge on any atom is 0.573 e. The van der Waals surface area contributed by atoms with Gasteiger partial charge in [0, 0.05) is 6.54 Å². The second-order valence-corrected chi connectivity index (χ2v) is 6.88. The normalized spacial score (nSPS) is 12.8. The Balaban J connectivity index is 1.59. The first-order valence-corrected chi connectivity index (χ1v) is 9.05. The molecule has 0 bridgehead atoms. The lowest BCUT2D eigenvalue weighted by Gasteiger charge is -2.20. The number of hydrogen-bond acceptors (Lipinski definition) is 3. The zero-order chi connectivity index (χ0) is 21.0. The minimum atomic E-state index is -4.73. The number of aromatic amines is 1. The molecule has 0 saturated heterocycles. The van der Waals surface area contributed by atoms with Gasteiger partial charge in [0.05, 0.1) is 17.1 Å². The van der Waals surface area contributed by atoms with Crippen LogP contribution in [0.2, 0.25) is 0 Å². The fraction of sp³-hybridized carbons (Fsp3) is 0.300. The van der Waals surface area contributed by atoms with Crippen molar-refractivity contribution >= 4 is 17.1 Å². The molecule has 154 valence electrons. The molecule has 1 unspecified atom stereocenters. The number of rotatable bonds is 6. The Morgan fingerprint density at radius 2 is 1.83 bits per heavy atom. The molecule has 0 saturated carbocycles. The predicted molar refractivity (Wildman–Crippen MR) is 102 cm³/mol. The van der Waals surface area contributed by atoms with Gasteiger partial charge in [0.2, 0.25) is 0 Å². The number of imidazole rings is 1. The zero-order valence-electron chi connectivity index (χ0n) is 15.9. The molecule has 0 aliphatic heterocycles. The number of para-hydroxylation sites is 2. The van der Waals surface area contributed by atoms with Crippen LogP contribution in [0.4, 0.5) is 18.0 Å². The SMILES string of the molecule is CC(C)C(NC(=O)NCc1ccc(OC(F)(F)F)cc1)c1nc2ccccc2[nH]1. The summed E-state index contributed by atoms with van der Waals surface area (Å²) in [5.74, 6) is 0.431. The van der Waals surface area contributed by atoms with E-state index in [-0.39, 0.29) is 24.3 Å². The van der Waals surface area contributed by atoms with Crippen LogP contribution in [0.3, 0.4) is 0 Å². The van der Waals surface area contributed by atoms with Crippen LogP contribution < -0.4 is 15.4 Å². The first-order valence-electron chi connectivity index (χ1n) is 9.05. The minimum absolute atomic E-state index is 0.0834. The van der Waals surface area contributed by atoms with Crippen molar-refractivity contribution in [1.29, 1.82) is 0 Å². The van der Waals surface area contributed by atoms with E-state index in [0.29, 0.717) is 11.4 Å². The number of alkyl halides is 3. The fourth-order valence-corrected chi connectivity index (χ4v) is 2.85. The number of carbonyl (C=O) groups excluding carboxylic acids is 1. The molecular formula is C20H21F3N4O2.